The van der Waals surface area contributed by atoms with E-state index in [1.165, 1.54) is 63.9 Å². The van der Waals surface area contributed by atoms with Crippen molar-refractivity contribution < 1.29 is 0 Å². The Balaban J connectivity index is 1.58. The fourth-order valence-electron chi connectivity index (χ4n) is 3.56. The Labute approximate surface area is 120 Å². The summed E-state index contributed by atoms with van der Waals surface area (Å²) >= 11 is 1.71. The zero-order chi connectivity index (χ0) is 12.9. The molecule has 1 saturated carbocycles. The second-order valence-electron chi connectivity index (χ2n) is 6.03. The lowest BCUT2D eigenvalue weighted by atomic mass is 9.83. The highest BCUT2D eigenvalue weighted by Crippen LogP contribution is 2.27. The Hall–Kier alpha value is -0.450. The number of hydrogen-bond acceptors (Lipinski definition) is 4. The van der Waals surface area contributed by atoms with Crippen molar-refractivity contribution in [2.45, 2.75) is 51.1 Å². The number of rotatable bonds is 3. The third-order valence-electron chi connectivity index (χ3n) is 4.60. The largest absolute Gasteiger partial charge is 0.312 e. The Kier molecular flexibility index (Phi) is 4.86. The molecule has 2 fully saturated rings. The van der Waals surface area contributed by atoms with Gasteiger partial charge in [-0.15, -0.1) is 11.3 Å². The van der Waals surface area contributed by atoms with Gasteiger partial charge in [-0.05, 0) is 38.3 Å². The van der Waals surface area contributed by atoms with Crippen LogP contribution in [-0.4, -0.2) is 35.6 Å². The number of nitrogens with one attached hydrogen (secondary N) is 1. The van der Waals surface area contributed by atoms with Crippen LogP contribution in [0, 0.1) is 5.92 Å². The van der Waals surface area contributed by atoms with Gasteiger partial charge in [0.2, 0.25) is 0 Å². The molecule has 19 heavy (non-hydrogen) atoms. The molecule has 106 valence electrons. The zero-order valence-electron chi connectivity index (χ0n) is 11.7. The predicted molar refractivity (Wildman–Crippen MR) is 80.4 cm³/mol. The van der Waals surface area contributed by atoms with Crippen LogP contribution < -0.4 is 5.32 Å². The highest BCUT2D eigenvalue weighted by atomic mass is 32.1. The summed E-state index contributed by atoms with van der Waals surface area (Å²) in [5, 5.41) is 5.99. The summed E-state index contributed by atoms with van der Waals surface area (Å²) in [6, 6.07) is 0.710. The van der Waals surface area contributed by atoms with Gasteiger partial charge >= 0.3 is 0 Å². The molecule has 0 spiro atoms. The van der Waals surface area contributed by atoms with Crippen molar-refractivity contribution in [2.75, 3.05) is 19.6 Å². The topological polar surface area (TPSA) is 28.2 Å². The molecular weight excluding hydrogens is 254 g/mol. The monoisotopic (exact) mass is 279 g/mol. The van der Waals surface area contributed by atoms with E-state index in [1.807, 2.05) is 5.51 Å². The molecule has 3 rings (SSSR count). The van der Waals surface area contributed by atoms with Crippen LogP contribution in [0.5, 0.6) is 0 Å². The summed E-state index contributed by atoms with van der Waals surface area (Å²) in [6.45, 7) is 4.65. The molecule has 0 aromatic carbocycles. The standard InChI is InChI=1S/C15H25N3S/c1-2-5-13(6-3-1)15-10-18(8-4-7-16-15)9-14-11-19-12-17-14/h11-13,15-16H,1-10H2. The van der Waals surface area contributed by atoms with Gasteiger partial charge in [0.15, 0.2) is 0 Å². The molecule has 1 aromatic rings. The number of hydrogen-bond donors (Lipinski definition) is 1. The summed E-state index contributed by atoms with van der Waals surface area (Å²) in [5.74, 6) is 0.907. The van der Waals surface area contributed by atoms with E-state index in [9.17, 15) is 0 Å². The molecule has 1 aromatic heterocycles. The van der Waals surface area contributed by atoms with Crippen molar-refractivity contribution >= 4 is 11.3 Å². The average molecular weight is 279 g/mol. The quantitative estimate of drug-likeness (QED) is 0.922. The Morgan fingerprint density at radius 3 is 2.95 bits per heavy atom. The summed E-state index contributed by atoms with van der Waals surface area (Å²) in [6.07, 6.45) is 8.47. The van der Waals surface area contributed by atoms with Crippen LogP contribution in [0.4, 0.5) is 0 Å². The van der Waals surface area contributed by atoms with Gasteiger partial charge in [-0.3, -0.25) is 4.90 Å². The summed E-state index contributed by atoms with van der Waals surface area (Å²) in [7, 11) is 0. The predicted octanol–water partition coefficient (Wildman–Crippen LogP) is 2.89. The minimum atomic E-state index is 0.710. The second-order valence-corrected chi connectivity index (χ2v) is 6.75. The molecule has 1 N–H and O–H groups in total. The molecule has 2 heterocycles. The normalized spacial score (nSPS) is 27.3. The van der Waals surface area contributed by atoms with Crippen molar-refractivity contribution in [3.63, 3.8) is 0 Å². The lowest BCUT2D eigenvalue weighted by Gasteiger charge is -2.32. The van der Waals surface area contributed by atoms with Crippen LogP contribution in [0.2, 0.25) is 0 Å². The van der Waals surface area contributed by atoms with Crippen molar-refractivity contribution in [1.29, 1.82) is 0 Å². The first kappa shape index (κ1) is 13.5. The third kappa shape index (κ3) is 3.77. The summed E-state index contributed by atoms with van der Waals surface area (Å²) in [4.78, 5) is 7.04. The van der Waals surface area contributed by atoms with E-state index in [1.54, 1.807) is 11.3 Å². The molecule has 1 atom stereocenters. The molecule has 0 radical (unpaired) electrons. The van der Waals surface area contributed by atoms with Gasteiger partial charge in [0.25, 0.3) is 0 Å². The van der Waals surface area contributed by atoms with Gasteiger partial charge in [-0.2, -0.15) is 0 Å². The highest BCUT2D eigenvalue weighted by Gasteiger charge is 2.26. The third-order valence-corrected chi connectivity index (χ3v) is 5.24. The Morgan fingerprint density at radius 1 is 1.26 bits per heavy atom. The number of aromatic nitrogens is 1. The average Bonchev–Trinajstić information content (AvgIpc) is 2.84. The van der Waals surface area contributed by atoms with E-state index in [0.29, 0.717) is 6.04 Å². The van der Waals surface area contributed by atoms with Crippen LogP contribution in [0.25, 0.3) is 0 Å². The van der Waals surface area contributed by atoms with E-state index in [-0.39, 0.29) is 0 Å². The van der Waals surface area contributed by atoms with E-state index in [4.69, 9.17) is 0 Å². The van der Waals surface area contributed by atoms with Crippen LogP contribution >= 0.6 is 11.3 Å². The molecule has 1 aliphatic heterocycles. The van der Waals surface area contributed by atoms with Gasteiger partial charge in [-0.1, -0.05) is 19.3 Å². The Morgan fingerprint density at radius 2 is 2.16 bits per heavy atom. The minimum absolute atomic E-state index is 0.710. The molecule has 1 saturated heterocycles. The van der Waals surface area contributed by atoms with Gasteiger partial charge in [0.05, 0.1) is 11.2 Å². The first-order chi connectivity index (χ1) is 9.42. The second kappa shape index (κ2) is 6.82. The van der Waals surface area contributed by atoms with Gasteiger partial charge in [0, 0.05) is 24.5 Å². The first-order valence-corrected chi connectivity index (χ1v) is 8.69. The van der Waals surface area contributed by atoms with Crippen molar-refractivity contribution in [3.05, 3.63) is 16.6 Å². The molecular formula is C15H25N3S. The molecule has 1 aliphatic carbocycles. The van der Waals surface area contributed by atoms with E-state index in [2.05, 4.69) is 20.6 Å². The fraction of sp³-hybridized carbons (Fsp3) is 0.800. The number of thiazole rings is 1. The Bertz CT molecular complexity index is 359. The summed E-state index contributed by atoms with van der Waals surface area (Å²) in [5.41, 5.74) is 3.19. The lowest BCUT2D eigenvalue weighted by molar-refractivity contribution is 0.200. The number of nitrogens with zero attached hydrogens (tertiary/aromatic N) is 2. The SMILES string of the molecule is c1nc(CN2CCCNC(C3CCCCC3)C2)cs1. The molecule has 1 unspecified atom stereocenters. The lowest BCUT2D eigenvalue weighted by Crippen LogP contribution is -2.43. The van der Waals surface area contributed by atoms with E-state index >= 15 is 0 Å². The van der Waals surface area contributed by atoms with Crippen molar-refractivity contribution in [2.24, 2.45) is 5.92 Å². The zero-order valence-corrected chi connectivity index (χ0v) is 12.5. The van der Waals surface area contributed by atoms with Gasteiger partial charge in [-0.25, -0.2) is 4.98 Å². The molecule has 0 amide bonds. The smallest absolute Gasteiger partial charge is 0.0795 e. The van der Waals surface area contributed by atoms with E-state index in [0.717, 1.165) is 12.5 Å². The molecule has 2 aliphatic rings. The maximum atomic E-state index is 4.43. The van der Waals surface area contributed by atoms with Gasteiger partial charge < -0.3 is 5.32 Å². The maximum Gasteiger partial charge on any atom is 0.0795 e. The van der Waals surface area contributed by atoms with Crippen LogP contribution in [0.15, 0.2) is 10.9 Å². The minimum Gasteiger partial charge on any atom is -0.312 e. The van der Waals surface area contributed by atoms with Crippen molar-refractivity contribution in [3.8, 4) is 0 Å². The summed E-state index contributed by atoms with van der Waals surface area (Å²) < 4.78 is 0. The van der Waals surface area contributed by atoms with Crippen LogP contribution in [0.1, 0.15) is 44.2 Å². The fourth-order valence-corrected chi connectivity index (χ4v) is 4.11. The molecule has 3 nitrogen and oxygen atoms in total. The van der Waals surface area contributed by atoms with Crippen LogP contribution in [0.3, 0.4) is 0 Å². The van der Waals surface area contributed by atoms with E-state index < -0.39 is 0 Å². The van der Waals surface area contributed by atoms with Gasteiger partial charge in [0.1, 0.15) is 0 Å². The highest BCUT2D eigenvalue weighted by molar-refractivity contribution is 7.07. The van der Waals surface area contributed by atoms with Crippen LogP contribution in [-0.2, 0) is 6.54 Å². The maximum absolute atomic E-state index is 4.43. The van der Waals surface area contributed by atoms with Crippen molar-refractivity contribution in [1.82, 2.24) is 15.2 Å². The molecule has 4 heteroatoms. The first-order valence-electron chi connectivity index (χ1n) is 7.74. The molecule has 0 bridgehead atoms.